The third-order valence-corrected chi connectivity index (χ3v) is 2.39. The van der Waals surface area contributed by atoms with E-state index in [0.29, 0.717) is 5.92 Å². The van der Waals surface area contributed by atoms with Crippen molar-refractivity contribution in [3.63, 3.8) is 0 Å². The first-order valence-electron chi connectivity index (χ1n) is 6.33. The van der Waals surface area contributed by atoms with Crippen molar-refractivity contribution in [3.05, 3.63) is 13.3 Å². The van der Waals surface area contributed by atoms with E-state index >= 15 is 0 Å². The van der Waals surface area contributed by atoms with Gasteiger partial charge in [0, 0.05) is 0 Å². The Morgan fingerprint density at radius 1 is 1.07 bits per heavy atom. The van der Waals surface area contributed by atoms with Crippen LogP contribution < -0.4 is 0 Å². The molecule has 0 aliphatic carbocycles. The van der Waals surface area contributed by atoms with Gasteiger partial charge in [0.05, 0.1) is 0 Å². The number of hydrogen-bond acceptors (Lipinski definition) is 0. The van der Waals surface area contributed by atoms with E-state index in [1.165, 1.54) is 44.9 Å². The summed E-state index contributed by atoms with van der Waals surface area (Å²) in [4.78, 5) is 0. The van der Waals surface area contributed by atoms with Crippen molar-refractivity contribution >= 4 is 23.1 Å². The quantitative estimate of drug-likeness (QED) is 0.321. The van der Waals surface area contributed by atoms with E-state index in [2.05, 4.69) is 41.0 Å². The van der Waals surface area contributed by atoms with Crippen LogP contribution in [0.4, 0.5) is 0 Å². The topological polar surface area (TPSA) is 0 Å². The van der Waals surface area contributed by atoms with Gasteiger partial charge in [-0.3, -0.25) is 0 Å². The predicted molar refractivity (Wildman–Crippen MR) is 73.9 cm³/mol. The molecule has 0 aromatic rings. The first kappa shape index (κ1) is 21.1. The van der Waals surface area contributed by atoms with Gasteiger partial charge in [-0.2, -0.15) is 19.3 Å². The van der Waals surface area contributed by atoms with E-state index in [9.17, 15) is 0 Å². The van der Waals surface area contributed by atoms with E-state index in [1.54, 1.807) is 0 Å². The van der Waals surface area contributed by atoms with Crippen molar-refractivity contribution in [1.29, 1.82) is 0 Å². The van der Waals surface area contributed by atoms with Gasteiger partial charge in [0.1, 0.15) is 0 Å². The van der Waals surface area contributed by atoms with E-state index in [1.807, 2.05) is 0 Å². The summed E-state index contributed by atoms with van der Waals surface area (Å²) in [5.74, 6) is 0.704. The molecule has 15 heavy (non-hydrogen) atoms. The summed E-state index contributed by atoms with van der Waals surface area (Å²) >= 11 is 0. The Bertz CT molecular complexity index is 77.4. The van der Waals surface area contributed by atoms with Crippen molar-refractivity contribution in [2.75, 3.05) is 0 Å². The van der Waals surface area contributed by atoms with Crippen molar-refractivity contribution in [2.45, 2.75) is 72.6 Å². The molecule has 1 heteroatoms. The zero-order chi connectivity index (χ0) is 11.2. The molecule has 0 N–H and O–H groups in total. The van der Waals surface area contributed by atoms with E-state index in [-0.39, 0.29) is 23.1 Å². The zero-order valence-corrected chi connectivity index (χ0v) is 12.9. The summed E-state index contributed by atoms with van der Waals surface area (Å²) in [6.45, 7) is 12.7. The molecule has 0 saturated heterocycles. The van der Waals surface area contributed by atoms with Crippen molar-refractivity contribution in [3.8, 4) is 0 Å². The summed E-state index contributed by atoms with van der Waals surface area (Å²) in [7, 11) is 0. The average Bonchev–Trinajstić information content (AvgIpc) is 2.23. The molecule has 1 unspecified atom stereocenters. The fraction of sp³-hybridized carbons (Fsp3) is 0.857. The van der Waals surface area contributed by atoms with Crippen LogP contribution in [-0.4, -0.2) is 23.1 Å². The molecule has 0 aromatic heterocycles. The third-order valence-electron chi connectivity index (χ3n) is 2.39. The zero-order valence-electron chi connectivity index (χ0n) is 11.5. The average molecular weight is 223 g/mol. The van der Waals surface area contributed by atoms with Gasteiger partial charge in [-0.05, 0) is 0 Å². The maximum atomic E-state index is 3.99. The van der Waals surface area contributed by atoms with Crippen LogP contribution in [0.25, 0.3) is 0 Å². The SMILES string of the molecule is C[CH-]CCCC.[CH2-]C(CC)CCCC.[Mg+2]. The normalized spacial score (nSPS) is 11.0. The molecular formula is C14H30Mg. The van der Waals surface area contributed by atoms with Crippen molar-refractivity contribution < 1.29 is 0 Å². The Morgan fingerprint density at radius 3 is 1.87 bits per heavy atom. The minimum atomic E-state index is 0. The maximum Gasteiger partial charge on any atom is 2.00 e. The Labute approximate surface area is 115 Å². The van der Waals surface area contributed by atoms with Crippen LogP contribution in [-0.2, 0) is 0 Å². The Hall–Kier alpha value is 0.766. The van der Waals surface area contributed by atoms with Gasteiger partial charge < -0.3 is 13.3 Å². The van der Waals surface area contributed by atoms with Gasteiger partial charge in [-0.15, -0.1) is 0 Å². The summed E-state index contributed by atoms with van der Waals surface area (Å²) in [5, 5.41) is 0. The molecule has 0 saturated carbocycles. The minimum absolute atomic E-state index is 0. The molecule has 0 bridgehead atoms. The maximum absolute atomic E-state index is 3.99. The summed E-state index contributed by atoms with van der Waals surface area (Å²) < 4.78 is 0. The molecule has 1 atom stereocenters. The van der Waals surface area contributed by atoms with Crippen LogP contribution in [0.3, 0.4) is 0 Å². The summed E-state index contributed by atoms with van der Waals surface area (Å²) in [5.41, 5.74) is 0. The molecule has 0 fully saturated rings. The van der Waals surface area contributed by atoms with Crippen LogP contribution in [0.1, 0.15) is 72.6 Å². The molecule has 88 valence electrons. The van der Waals surface area contributed by atoms with Gasteiger partial charge in [0.2, 0.25) is 0 Å². The van der Waals surface area contributed by atoms with Crippen LogP contribution in [0.5, 0.6) is 0 Å². The van der Waals surface area contributed by atoms with E-state index < -0.39 is 0 Å². The van der Waals surface area contributed by atoms with Gasteiger partial charge >= 0.3 is 23.1 Å². The molecule has 0 aliphatic rings. The van der Waals surface area contributed by atoms with Gasteiger partial charge in [-0.1, -0.05) is 59.3 Å². The second kappa shape index (κ2) is 20.2. The third kappa shape index (κ3) is 25.2. The number of rotatable bonds is 7. The first-order valence-corrected chi connectivity index (χ1v) is 6.33. The Balaban J connectivity index is -0.000000187. The van der Waals surface area contributed by atoms with Crippen molar-refractivity contribution in [1.82, 2.24) is 0 Å². The summed E-state index contributed by atoms with van der Waals surface area (Å²) in [6.07, 6.45) is 11.4. The fourth-order valence-corrected chi connectivity index (χ4v) is 1.11. The molecule has 0 aromatic carbocycles. The number of hydrogen-bond donors (Lipinski definition) is 0. The molecule has 0 spiro atoms. The van der Waals surface area contributed by atoms with Crippen molar-refractivity contribution in [2.24, 2.45) is 5.92 Å². The van der Waals surface area contributed by atoms with Crippen LogP contribution in [0, 0.1) is 19.3 Å². The van der Waals surface area contributed by atoms with Gasteiger partial charge in [0.25, 0.3) is 0 Å². The minimum Gasteiger partial charge on any atom is -0.340 e. The molecular weight excluding hydrogens is 192 g/mol. The largest absolute Gasteiger partial charge is 2.00 e. The second-order valence-electron chi connectivity index (χ2n) is 3.97. The second-order valence-corrected chi connectivity index (χ2v) is 3.97. The Kier molecular flexibility index (Phi) is 28.4. The predicted octanol–water partition coefficient (Wildman–Crippen LogP) is 5.06. The smallest absolute Gasteiger partial charge is 0.340 e. The molecule has 0 nitrogen and oxygen atoms in total. The van der Waals surface area contributed by atoms with Crippen LogP contribution >= 0.6 is 0 Å². The molecule has 0 aliphatic heterocycles. The molecule has 0 radical (unpaired) electrons. The molecule has 0 rings (SSSR count). The molecule has 0 amide bonds. The molecule has 0 heterocycles. The number of unbranched alkanes of at least 4 members (excludes halogenated alkanes) is 4. The van der Waals surface area contributed by atoms with E-state index in [0.717, 1.165) is 0 Å². The van der Waals surface area contributed by atoms with Gasteiger partial charge in [-0.25, -0.2) is 0 Å². The first-order chi connectivity index (χ1) is 6.72. The van der Waals surface area contributed by atoms with Crippen LogP contribution in [0.15, 0.2) is 0 Å². The van der Waals surface area contributed by atoms with Gasteiger partial charge in [0.15, 0.2) is 0 Å². The van der Waals surface area contributed by atoms with E-state index in [4.69, 9.17) is 0 Å². The van der Waals surface area contributed by atoms with Crippen LogP contribution in [0.2, 0.25) is 0 Å². The monoisotopic (exact) mass is 222 g/mol. The Morgan fingerprint density at radius 2 is 1.60 bits per heavy atom. The summed E-state index contributed by atoms with van der Waals surface area (Å²) in [6, 6.07) is 0. The fourth-order valence-electron chi connectivity index (χ4n) is 1.11. The standard InChI is InChI=1S/C8H17.C6H13.Mg/c1-4-6-7-8(3)5-2;1-3-5-6-4-2;/h8H,3-7H2,1-2H3;3H,4-6H2,1-2H3;/q2*-1;+2.